The lowest BCUT2D eigenvalue weighted by atomic mass is 9.69. The van der Waals surface area contributed by atoms with Crippen molar-refractivity contribution in [1.29, 1.82) is 0 Å². The van der Waals surface area contributed by atoms with Crippen molar-refractivity contribution in [2.24, 2.45) is 28.1 Å². The number of fused-ring (bicyclic) bond motifs is 1. The molecule has 0 saturated heterocycles. The second-order valence-electron chi connectivity index (χ2n) is 7.67. The summed E-state index contributed by atoms with van der Waals surface area (Å²) in [5, 5.41) is 9.37. The molecule has 0 aromatic carbocycles. The lowest BCUT2D eigenvalue weighted by Crippen LogP contribution is -2.28. The highest BCUT2D eigenvalue weighted by molar-refractivity contribution is 5.15. The molecular formula is C15H26O. The fraction of sp³-hybridized carbons (Fsp3) is 1.00. The van der Waals surface area contributed by atoms with E-state index in [1.807, 2.05) is 0 Å². The Kier molecular flexibility index (Phi) is 2.11. The highest BCUT2D eigenvalue weighted by Gasteiger charge is 2.66. The molecule has 0 heterocycles. The van der Waals surface area contributed by atoms with E-state index in [0.29, 0.717) is 22.9 Å². The lowest BCUT2D eigenvalue weighted by Gasteiger charge is -2.36. The minimum Gasteiger partial charge on any atom is -0.396 e. The highest BCUT2D eigenvalue weighted by atomic mass is 16.3. The summed E-state index contributed by atoms with van der Waals surface area (Å²) in [5.74, 6) is 1.94. The van der Waals surface area contributed by atoms with Crippen LogP contribution in [0.3, 0.4) is 0 Å². The molecule has 0 aromatic heterocycles. The zero-order chi connectivity index (χ0) is 11.6. The molecule has 3 atom stereocenters. The average Bonchev–Trinajstić information content (AvgIpc) is 3.10. The van der Waals surface area contributed by atoms with Gasteiger partial charge in [-0.25, -0.2) is 0 Å². The quantitative estimate of drug-likeness (QED) is 0.770. The van der Waals surface area contributed by atoms with Crippen LogP contribution in [0.4, 0.5) is 0 Å². The van der Waals surface area contributed by atoms with Crippen LogP contribution in [-0.4, -0.2) is 11.7 Å². The molecule has 0 spiro atoms. The fourth-order valence-electron chi connectivity index (χ4n) is 4.31. The molecule has 0 amide bonds. The molecule has 3 fully saturated rings. The molecular weight excluding hydrogens is 196 g/mol. The highest BCUT2D eigenvalue weighted by Crippen LogP contribution is 2.74. The lowest BCUT2D eigenvalue weighted by molar-refractivity contribution is 0.122. The Morgan fingerprint density at radius 2 is 1.88 bits per heavy atom. The summed E-state index contributed by atoms with van der Waals surface area (Å²) in [5.41, 5.74) is 1.57. The number of aliphatic hydroxyl groups excluding tert-OH is 1. The van der Waals surface area contributed by atoms with Gasteiger partial charge in [-0.15, -0.1) is 0 Å². The van der Waals surface area contributed by atoms with E-state index in [1.165, 1.54) is 38.5 Å². The molecule has 16 heavy (non-hydrogen) atoms. The van der Waals surface area contributed by atoms with Crippen molar-refractivity contribution >= 4 is 0 Å². The Labute approximate surface area is 99.6 Å². The second-order valence-corrected chi connectivity index (χ2v) is 7.67. The van der Waals surface area contributed by atoms with Gasteiger partial charge >= 0.3 is 0 Å². The van der Waals surface area contributed by atoms with Crippen LogP contribution < -0.4 is 0 Å². The smallest absolute Gasteiger partial charge is 0.0487 e. The Balaban J connectivity index is 1.61. The van der Waals surface area contributed by atoms with Crippen LogP contribution in [-0.2, 0) is 0 Å². The summed E-state index contributed by atoms with van der Waals surface area (Å²) >= 11 is 0. The van der Waals surface area contributed by atoms with E-state index in [9.17, 15) is 5.11 Å². The number of rotatable bonds is 4. The molecule has 92 valence electrons. The van der Waals surface area contributed by atoms with E-state index in [0.717, 1.165) is 11.8 Å². The van der Waals surface area contributed by atoms with Gasteiger partial charge in [0.1, 0.15) is 0 Å². The summed E-state index contributed by atoms with van der Waals surface area (Å²) in [6.07, 6.45) is 8.13. The molecule has 0 radical (unpaired) electrons. The van der Waals surface area contributed by atoms with E-state index >= 15 is 0 Å². The molecule has 3 aliphatic carbocycles. The van der Waals surface area contributed by atoms with Crippen molar-refractivity contribution in [2.45, 2.75) is 59.3 Å². The number of hydrogen-bond donors (Lipinski definition) is 1. The minimum absolute atomic E-state index is 0.365. The van der Waals surface area contributed by atoms with Crippen LogP contribution in [0.1, 0.15) is 59.3 Å². The normalized spacial score (nSPS) is 46.5. The molecule has 0 aliphatic heterocycles. The Bertz CT molecular complexity index is 303. The van der Waals surface area contributed by atoms with Gasteiger partial charge in [-0.3, -0.25) is 0 Å². The largest absolute Gasteiger partial charge is 0.396 e. The van der Waals surface area contributed by atoms with Crippen molar-refractivity contribution in [2.75, 3.05) is 6.61 Å². The van der Waals surface area contributed by atoms with Gasteiger partial charge in [0.05, 0.1) is 0 Å². The first kappa shape index (κ1) is 11.1. The maximum atomic E-state index is 9.37. The van der Waals surface area contributed by atoms with Crippen molar-refractivity contribution in [1.82, 2.24) is 0 Å². The van der Waals surface area contributed by atoms with Gasteiger partial charge in [0.15, 0.2) is 0 Å². The molecule has 0 bridgehead atoms. The summed E-state index contributed by atoms with van der Waals surface area (Å²) < 4.78 is 0. The molecule has 3 aliphatic rings. The van der Waals surface area contributed by atoms with Crippen molar-refractivity contribution in [3.8, 4) is 0 Å². The van der Waals surface area contributed by atoms with Crippen LogP contribution in [0.2, 0.25) is 0 Å². The third-order valence-electron chi connectivity index (χ3n) is 6.79. The van der Waals surface area contributed by atoms with Crippen molar-refractivity contribution < 1.29 is 5.11 Å². The minimum atomic E-state index is 0.365. The molecule has 3 saturated carbocycles. The standard InChI is InChI=1S/C15H26O/c1-13(2)11(8-12-9-14(12,13)3)4-5-15(10-16)6-7-15/h11-12,16H,4-10H2,1-3H3. The summed E-state index contributed by atoms with van der Waals surface area (Å²) in [7, 11) is 0. The van der Waals surface area contributed by atoms with Crippen molar-refractivity contribution in [3.05, 3.63) is 0 Å². The summed E-state index contributed by atoms with van der Waals surface area (Å²) in [6.45, 7) is 7.91. The van der Waals surface area contributed by atoms with Gasteiger partial charge in [-0.1, -0.05) is 20.8 Å². The first-order valence-electron chi connectivity index (χ1n) is 7.04. The Morgan fingerprint density at radius 1 is 1.19 bits per heavy atom. The van der Waals surface area contributed by atoms with Gasteiger partial charge in [0.25, 0.3) is 0 Å². The molecule has 1 nitrogen and oxygen atoms in total. The Hall–Kier alpha value is -0.0400. The zero-order valence-electron chi connectivity index (χ0n) is 11.1. The maximum absolute atomic E-state index is 9.37. The first-order chi connectivity index (χ1) is 7.44. The van der Waals surface area contributed by atoms with Crippen LogP contribution >= 0.6 is 0 Å². The van der Waals surface area contributed by atoms with Gasteiger partial charge in [-0.05, 0) is 66.6 Å². The third-order valence-corrected chi connectivity index (χ3v) is 6.79. The van der Waals surface area contributed by atoms with Crippen LogP contribution in [0.15, 0.2) is 0 Å². The van der Waals surface area contributed by atoms with Crippen LogP contribution in [0.5, 0.6) is 0 Å². The van der Waals surface area contributed by atoms with Crippen LogP contribution in [0, 0.1) is 28.1 Å². The van der Waals surface area contributed by atoms with E-state index < -0.39 is 0 Å². The predicted molar refractivity (Wildman–Crippen MR) is 66.1 cm³/mol. The molecule has 3 rings (SSSR count). The van der Waals surface area contributed by atoms with Crippen molar-refractivity contribution in [3.63, 3.8) is 0 Å². The maximum Gasteiger partial charge on any atom is 0.0487 e. The SMILES string of the molecule is CC1(C)C(CCC2(CO)CC2)CC2CC21C. The van der Waals surface area contributed by atoms with E-state index in [4.69, 9.17) is 0 Å². The number of aliphatic hydroxyl groups is 1. The summed E-state index contributed by atoms with van der Waals surface area (Å²) in [6, 6.07) is 0. The predicted octanol–water partition coefficient (Wildman–Crippen LogP) is 3.61. The molecule has 0 aromatic rings. The molecule has 1 N–H and O–H groups in total. The van der Waals surface area contributed by atoms with Gasteiger partial charge in [-0.2, -0.15) is 0 Å². The Morgan fingerprint density at radius 3 is 2.31 bits per heavy atom. The zero-order valence-corrected chi connectivity index (χ0v) is 11.1. The van der Waals surface area contributed by atoms with E-state index in [-0.39, 0.29) is 0 Å². The van der Waals surface area contributed by atoms with Gasteiger partial charge < -0.3 is 5.11 Å². The van der Waals surface area contributed by atoms with Gasteiger partial charge in [0, 0.05) is 6.61 Å². The second kappa shape index (κ2) is 3.04. The summed E-state index contributed by atoms with van der Waals surface area (Å²) in [4.78, 5) is 0. The van der Waals surface area contributed by atoms with E-state index in [1.54, 1.807) is 0 Å². The first-order valence-corrected chi connectivity index (χ1v) is 7.04. The third kappa shape index (κ3) is 1.33. The van der Waals surface area contributed by atoms with Gasteiger partial charge in [0.2, 0.25) is 0 Å². The topological polar surface area (TPSA) is 20.2 Å². The number of hydrogen-bond acceptors (Lipinski definition) is 1. The fourth-order valence-corrected chi connectivity index (χ4v) is 4.31. The van der Waals surface area contributed by atoms with E-state index in [2.05, 4.69) is 20.8 Å². The van der Waals surface area contributed by atoms with Crippen LogP contribution in [0.25, 0.3) is 0 Å². The average molecular weight is 222 g/mol. The monoisotopic (exact) mass is 222 g/mol. The molecule has 3 unspecified atom stereocenters. The molecule has 1 heteroatoms.